The van der Waals surface area contributed by atoms with Crippen LogP contribution in [0.2, 0.25) is 0 Å². The summed E-state index contributed by atoms with van der Waals surface area (Å²) < 4.78 is 0. The van der Waals surface area contributed by atoms with E-state index in [4.69, 9.17) is 12.2 Å². The molecule has 1 aromatic carbocycles. The fourth-order valence-electron chi connectivity index (χ4n) is 2.53. The van der Waals surface area contributed by atoms with Crippen molar-refractivity contribution in [1.82, 2.24) is 4.90 Å². The molecule has 0 bridgehead atoms. The summed E-state index contributed by atoms with van der Waals surface area (Å²) in [6.07, 6.45) is 2.24. The third-order valence-corrected chi connectivity index (χ3v) is 3.48. The smallest absolute Gasteiger partial charge is 0.254 e. The molecule has 0 atom stereocenters. The molecule has 0 radical (unpaired) electrons. The van der Waals surface area contributed by atoms with Gasteiger partial charge in [-0.2, -0.15) is 0 Å². The van der Waals surface area contributed by atoms with Crippen LogP contribution in [-0.2, 0) is 0 Å². The summed E-state index contributed by atoms with van der Waals surface area (Å²) in [5, 5.41) is 2.99. The number of amides is 1. The SMILES string of the molecule is Cc1cc(NC=S)cc(C)c1C(=O)N1CCCC1. The Morgan fingerprint density at radius 2 is 1.83 bits per heavy atom. The Morgan fingerprint density at radius 1 is 1.28 bits per heavy atom. The Morgan fingerprint density at radius 3 is 2.33 bits per heavy atom. The molecule has 0 aromatic heterocycles. The van der Waals surface area contributed by atoms with Gasteiger partial charge in [0.2, 0.25) is 0 Å². The van der Waals surface area contributed by atoms with Crippen LogP contribution in [0, 0.1) is 13.8 Å². The molecule has 1 aliphatic rings. The van der Waals surface area contributed by atoms with Crippen molar-refractivity contribution in [2.45, 2.75) is 26.7 Å². The fourth-order valence-corrected chi connectivity index (χ4v) is 2.67. The van der Waals surface area contributed by atoms with E-state index in [1.807, 2.05) is 30.9 Å². The summed E-state index contributed by atoms with van der Waals surface area (Å²) in [5.41, 5.74) is 5.28. The number of hydrogen-bond acceptors (Lipinski definition) is 2. The van der Waals surface area contributed by atoms with E-state index >= 15 is 0 Å². The number of thiocarbonyl (C=S) groups is 1. The van der Waals surface area contributed by atoms with E-state index in [9.17, 15) is 4.79 Å². The van der Waals surface area contributed by atoms with E-state index in [0.29, 0.717) is 0 Å². The van der Waals surface area contributed by atoms with E-state index < -0.39 is 0 Å². The highest BCUT2D eigenvalue weighted by atomic mass is 32.1. The topological polar surface area (TPSA) is 32.3 Å². The summed E-state index contributed by atoms with van der Waals surface area (Å²) in [4.78, 5) is 14.4. The van der Waals surface area contributed by atoms with Gasteiger partial charge in [0.25, 0.3) is 5.91 Å². The van der Waals surface area contributed by atoms with Gasteiger partial charge >= 0.3 is 0 Å². The number of aryl methyl sites for hydroxylation is 2. The summed E-state index contributed by atoms with van der Waals surface area (Å²) in [6.45, 7) is 5.73. The molecule has 4 heteroatoms. The minimum absolute atomic E-state index is 0.163. The van der Waals surface area contributed by atoms with Crippen molar-refractivity contribution in [3.63, 3.8) is 0 Å². The molecule has 18 heavy (non-hydrogen) atoms. The Balaban J connectivity index is 2.32. The van der Waals surface area contributed by atoms with Gasteiger partial charge in [-0.3, -0.25) is 4.79 Å². The first-order valence-corrected chi connectivity index (χ1v) is 6.71. The lowest BCUT2D eigenvalue weighted by atomic mass is 10.0. The van der Waals surface area contributed by atoms with Crippen LogP contribution in [0.4, 0.5) is 5.69 Å². The van der Waals surface area contributed by atoms with Gasteiger partial charge in [-0.25, -0.2) is 0 Å². The van der Waals surface area contributed by atoms with Crippen LogP contribution < -0.4 is 5.32 Å². The van der Waals surface area contributed by atoms with Gasteiger partial charge in [-0.1, -0.05) is 12.2 Å². The highest BCUT2D eigenvalue weighted by Crippen LogP contribution is 2.23. The van der Waals surface area contributed by atoms with Crippen LogP contribution in [0.15, 0.2) is 12.1 Å². The summed E-state index contributed by atoms with van der Waals surface area (Å²) >= 11 is 4.78. The Labute approximate surface area is 113 Å². The van der Waals surface area contributed by atoms with E-state index in [2.05, 4.69) is 5.32 Å². The first kappa shape index (κ1) is 13.0. The minimum atomic E-state index is 0.163. The van der Waals surface area contributed by atoms with Crippen LogP contribution in [0.1, 0.15) is 34.3 Å². The van der Waals surface area contributed by atoms with Gasteiger partial charge in [0, 0.05) is 24.3 Å². The molecule has 1 amide bonds. The van der Waals surface area contributed by atoms with Crippen molar-refractivity contribution in [3.8, 4) is 0 Å². The van der Waals surface area contributed by atoms with Crippen molar-refractivity contribution in [2.75, 3.05) is 18.4 Å². The van der Waals surface area contributed by atoms with Crippen LogP contribution in [0.3, 0.4) is 0 Å². The molecule has 1 fully saturated rings. The molecule has 3 nitrogen and oxygen atoms in total. The van der Waals surface area contributed by atoms with Crippen LogP contribution in [0.25, 0.3) is 0 Å². The van der Waals surface area contributed by atoms with Crippen LogP contribution in [-0.4, -0.2) is 29.4 Å². The van der Waals surface area contributed by atoms with Gasteiger partial charge in [0.15, 0.2) is 0 Å². The van der Waals surface area contributed by atoms with Gasteiger partial charge in [0.1, 0.15) is 0 Å². The quantitative estimate of drug-likeness (QED) is 0.850. The second-order valence-corrected chi connectivity index (χ2v) is 4.98. The highest BCUT2D eigenvalue weighted by Gasteiger charge is 2.22. The molecule has 1 heterocycles. The molecular formula is C14H18N2OS. The van der Waals surface area contributed by atoms with Crippen molar-refractivity contribution < 1.29 is 4.79 Å². The lowest BCUT2D eigenvalue weighted by molar-refractivity contribution is 0.0791. The van der Waals surface area contributed by atoms with Crippen LogP contribution in [0.5, 0.6) is 0 Å². The zero-order valence-electron chi connectivity index (χ0n) is 10.8. The highest BCUT2D eigenvalue weighted by molar-refractivity contribution is 7.79. The van der Waals surface area contributed by atoms with Crippen molar-refractivity contribution in [3.05, 3.63) is 28.8 Å². The number of anilines is 1. The van der Waals surface area contributed by atoms with E-state index in [1.54, 1.807) is 0 Å². The predicted octanol–water partition coefficient (Wildman–Crippen LogP) is 2.91. The maximum absolute atomic E-state index is 12.4. The molecule has 0 spiro atoms. The van der Waals surface area contributed by atoms with Crippen LogP contribution >= 0.6 is 12.2 Å². The predicted molar refractivity (Wildman–Crippen MR) is 78.3 cm³/mol. The average Bonchev–Trinajstić information content (AvgIpc) is 2.81. The molecule has 0 unspecified atom stereocenters. The van der Waals surface area contributed by atoms with Gasteiger partial charge in [0.05, 0.1) is 5.49 Å². The van der Waals surface area contributed by atoms with Gasteiger partial charge < -0.3 is 10.2 Å². The lowest BCUT2D eigenvalue weighted by Crippen LogP contribution is -2.29. The number of rotatable bonds is 3. The molecule has 1 aromatic rings. The molecule has 2 rings (SSSR count). The number of nitrogens with zero attached hydrogens (tertiary/aromatic N) is 1. The molecular weight excluding hydrogens is 244 g/mol. The van der Waals surface area contributed by atoms with Crippen molar-refractivity contribution in [1.29, 1.82) is 0 Å². The maximum Gasteiger partial charge on any atom is 0.254 e. The number of benzene rings is 1. The first-order chi connectivity index (χ1) is 8.63. The number of nitrogens with one attached hydrogen (secondary N) is 1. The average molecular weight is 262 g/mol. The van der Waals surface area contributed by atoms with Crippen molar-refractivity contribution in [2.24, 2.45) is 0 Å². The normalized spacial score (nSPS) is 14.7. The van der Waals surface area contributed by atoms with Crippen molar-refractivity contribution >= 4 is 29.3 Å². The van der Waals surface area contributed by atoms with Gasteiger partial charge in [-0.15, -0.1) is 0 Å². The molecule has 1 aliphatic heterocycles. The molecule has 1 N–H and O–H groups in total. The molecule has 0 saturated carbocycles. The van der Waals surface area contributed by atoms with E-state index in [1.165, 1.54) is 5.49 Å². The fraction of sp³-hybridized carbons (Fsp3) is 0.429. The standard InChI is InChI=1S/C14H18N2OS/c1-10-7-12(15-9-18)8-11(2)13(10)14(17)16-5-3-4-6-16/h7-9H,3-6H2,1-2H3,(H,15,18). The molecule has 0 aliphatic carbocycles. The number of carbonyl (C=O) groups excluding carboxylic acids is 1. The second kappa shape index (κ2) is 5.48. The number of likely N-dealkylation sites (tertiary alicyclic amines) is 1. The Hall–Kier alpha value is -1.42. The zero-order valence-corrected chi connectivity index (χ0v) is 11.6. The monoisotopic (exact) mass is 262 g/mol. The van der Waals surface area contributed by atoms with Gasteiger partial charge in [-0.05, 0) is 49.9 Å². The lowest BCUT2D eigenvalue weighted by Gasteiger charge is -2.19. The maximum atomic E-state index is 12.4. The van der Waals surface area contributed by atoms with E-state index in [0.717, 1.165) is 48.3 Å². The van der Waals surface area contributed by atoms with E-state index in [-0.39, 0.29) is 5.91 Å². The second-order valence-electron chi connectivity index (χ2n) is 4.75. The summed E-state index contributed by atoms with van der Waals surface area (Å²) in [7, 11) is 0. The third kappa shape index (κ3) is 2.53. The minimum Gasteiger partial charge on any atom is -0.353 e. The Bertz CT molecular complexity index is 456. The largest absolute Gasteiger partial charge is 0.353 e. The summed E-state index contributed by atoms with van der Waals surface area (Å²) in [5.74, 6) is 0.163. The number of hydrogen-bond donors (Lipinski definition) is 1. The molecule has 96 valence electrons. The Kier molecular flexibility index (Phi) is 3.97. The third-order valence-electron chi connectivity index (χ3n) is 3.37. The first-order valence-electron chi connectivity index (χ1n) is 6.24. The summed E-state index contributed by atoms with van der Waals surface area (Å²) in [6, 6.07) is 3.94. The molecule has 1 saturated heterocycles. The zero-order chi connectivity index (χ0) is 13.1. The number of carbonyl (C=O) groups is 1.